The molecule has 16 nitrogen and oxygen atoms in total. The van der Waals surface area contributed by atoms with Crippen molar-refractivity contribution < 1.29 is 74.4 Å². The standard InChI is InChI=1S/C27H30O16/c28-7-14-17(32)20(35)23(38)26(41-14)43-25-21(36)18(33)15(8-29)42-27(25)39-11-5-12(31)16-13(6-11)40-24(22(37)19(16)34)9-1-3-10(30)4-2-9/h1-6,14-15,17-18,20-21,23,25-33,35-38H,7-8H2. The lowest BCUT2D eigenvalue weighted by atomic mass is 9.97. The zero-order valence-corrected chi connectivity index (χ0v) is 22.1. The topological polar surface area (TPSA) is 269 Å². The van der Waals surface area contributed by atoms with E-state index in [1.807, 2.05) is 0 Å². The summed E-state index contributed by atoms with van der Waals surface area (Å²) < 4.78 is 28.0. The fraction of sp³-hybridized carbons (Fsp3) is 0.444. The lowest BCUT2D eigenvalue weighted by molar-refractivity contribution is -0.357. The van der Waals surface area contributed by atoms with Crippen molar-refractivity contribution in [1.82, 2.24) is 0 Å². The van der Waals surface area contributed by atoms with E-state index >= 15 is 0 Å². The highest BCUT2D eigenvalue weighted by atomic mass is 16.8. The maximum Gasteiger partial charge on any atom is 0.238 e. The van der Waals surface area contributed by atoms with Crippen LogP contribution in [0.25, 0.3) is 22.3 Å². The molecular formula is C27H30O16. The van der Waals surface area contributed by atoms with Gasteiger partial charge in [-0.05, 0) is 24.3 Å². The molecule has 43 heavy (non-hydrogen) atoms. The number of hydrogen-bond acceptors (Lipinski definition) is 16. The average molecular weight is 611 g/mol. The van der Waals surface area contributed by atoms with Gasteiger partial charge in [-0.15, -0.1) is 0 Å². The first kappa shape index (κ1) is 30.9. The van der Waals surface area contributed by atoms with Gasteiger partial charge in [-0.2, -0.15) is 0 Å². The number of aromatic hydroxyl groups is 3. The summed E-state index contributed by atoms with van der Waals surface area (Å²) in [5, 5.41) is 101. The largest absolute Gasteiger partial charge is 0.508 e. The Hall–Kier alpha value is -3.55. The van der Waals surface area contributed by atoms with Crippen molar-refractivity contribution in [2.45, 2.75) is 61.4 Å². The van der Waals surface area contributed by atoms with Gasteiger partial charge in [0.1, 0.15) is 70.9 Å². The molecule has 2 saturated heterocycles. The van der Waals surface area contributed by atoms with E-state index in [9.17, 15) is 55.9 Å². The third-order valence-corrected chi connectivity index (χ3v) is 7.27. The number of aliphatic hydroxyl groups is 7. The minimum Gasteiger partial charge on any atom is -0.508 e. The van der Waals surface area contributed by atoms with Gasteiger partial charge in [-0.3, -0.25) is 4.79 Å². The zero-order chi connectivity index (χ0) is 31.2. The van der Waals surface area contributed by atoms with Crippen molar-refractivity contribution in [2.75, 3.05) is 13.2 Å². The Kier molecular flexibility index (Phi) is 8.77. The fourth-order valence-corrected chi connectivity index (χ4v) is 4.91. The molecule has 0 saturated carbocycles. The smallest absolute Gasteiger partial charge is 0.238 e. The van der Waals surface area contributed by atoms with Crippen LogP contribution in [-0.2, 0) is 14.2 Å². The lowest BCUT2D eigenvalue weighted by Crippen LogP contribution is -2.65. The van der Waals surface area contributed by atoms with Gasteiger partial charge in [0.15, 0.2) is 18.2 Å². The van der Waals surface area contributed by atoms with E-state index < -0.39 is 96.9 Å². The molecule has 0 bridgehead atoms. The molecule has 0 radical (unpaired) electrons. The predicted octanol–water partition coefficient (Wildman–Crippen LogP) is -2.42. The first-order chi connectivity index (χ1) is 20.4. The van der Waals surface area contributed by atoms with Crippen LogP contribution in [0.5, 0.6) is 23.0 Å². The third kappa shape index (κ3) is 5.73. The van der Waals surface area contributed by atoms with Gasteiger partial charge in [0.05, 0.1) is 13.2 Å². The van der Waals surface area contributed by atoms with Crippen molar-refractivity contribution in [2.24, 2.45) is 0 Å². The molecule has 3 aromatic rings. The van der Waals surface area contributed by atoms with E-state index in [-0.39, 0.29) is 28.4 Å². The summed E-state index contributed by atoms with van der Waals surface area (Å²) in [5.74, 6) is -2.11. The van der Waals surface area contributed by atoms with Gasteiger partial charge in [-0.25, -0.2) is 0 Å². The van der Waals surface area contributed by atoms with E-state index in [0.717, 1.165) is 12.1 Å². The van der Waals surface area contributed by atoms with Gasteiger partial charge in [0, 0.05) is 17.7 Å². The molecule has 2 aliphatic heterocycles. The summed E-state index contributed by atoms with van der Waals surface area (Å²) in [6.45, 7) is -1.55. The number of hydrogen-bond donors (Lipinski definition) is 10. The summed E-state index contributed by atoms with van der Waals surface area (Å²) in [6, 6.07) is 7.43. The molecular weight excluding hydrogens is 580 g/mol. The van der Waals surface area contributed by atoms with Crippen molar-refractivity contribution in [1.29, 1.82) is 0 Å². The Morgan fingerprint density at radius 1 is 0.744 bits per heavy atom. The van der Waals surface area contributed by atoms with Gasteiger partial charge in [0.2, 0.25) is 17.5 Å². The SMILES string of the molecule is O=c1c(O)c(-c2ccc(O)cc2)oc2cc(OC3OC(CO)C(O)C(O)C3OC3OC(CO)C(O)C(O)C3O)cc(O)c12. The lowest BCUT2D eigenvalue weighted by Gasteiger charge is -2.45. The van der Waals surface area contributed by atoms with Gasteiger partial charge in [0.25, 0.3) is 0 Å². The van der Waals surface area contributed by atoms with Crippen molar-refractivity contribution in [3.63, 3.8) is 0 Å². The molecule has 2 aromatic carbocycles. The number of rotatable bonds is 7. The predicted molar refractivity (Wildman–Crippen MR) is 140 cm³/mol. The van der Waals surface area contributed by atoms with Crippen LogP contribution in [0.1, 0.15) is 0 Å². The monoisotopic (exact) mass is 610 g/mol. The van der Waals surface area contributed by atoms with Gasteiger partial charge in [-0.1, -0.05) is 0 Å². The molecule has 16 heteroatoms. The number of aliphatic hydroxyl groups excluding tert-OH is 7. The molecule has 0 aliphatic carbocycles. The second kappa shape index (κ2) is 12.2. The van der Waals surface area contributed by atoms with Crippen LogP contribution in [0, 0.1) is 0 Å². The fourth-order valence-electron chi connectivity index (χ4n) is 4.91. The average Bonchev–Trinajstić information content (AvgIpc) is 2.98. The molecule has 0 spiro atoms. The molecule has 10 N–H and O–H groups in total. The molecule has 0 amide bonds. The van der Waals surface area contributed by atoms with Crippen molar-refractivity contribution in [3.05, 3.63) is 46.6 Å². The third-order valence-electron chi connectivity index (χ3n) is 7.27. The van der Waals surface area contributed by atoms with Crippen LogP contribution < -0.4 is 10.2 Å². The Bertz CT molecular complexity index is 1490. The Balaban J connectivity index is 1.50. The highest BCUT2D eigenvalue weighted by Gasteiger charge is 2.51. The number of phenols is 2. The molecule has 10 unspecified atom stereocenters. The van der Waals surface area contributed by atoms with Crippen molar-refractivity contribution in [3.8, 4) is 34.3 Å². The minimum absolute atomic E-state index is 0.0823. The van der Waals surface area contributed by atoms with Crippen LogP contribution in [0.4, 0.5) is 0 Å². The van der Waals surface area contributed by atoms with Crippen LogP contribution in [0.15, 0.2) is 45.6 Å². The summed E-state index contributed by atoms with van der Waals surface area (Å²) >= 11 is 0. The Morgan fingerprint density at radius 3 is 1.98 bits per heavy atom. The van der Waals surface area contributed by atoms with E-state index in [1.54, 1.807) is 0 Å². The first-order valence-electron chi connectivity index (χ1n) is 13.0. The molecule has 10 atom stereocenters. The number of ether oxygens (including phenoxy) is 4. The zero-order valence-electron chi connectivity index (χ0n) is 22.1. The maximum atomic E-state index is 12.9. The van der Waals surface area contributed by atoms with Gasteiger partial charge >= 0.3 is 0 Å². The molecule has 1 aromatic heterocycles. The molecule has 2 fully saturated rings. The van der Waals surface area contributed by atoms with Crippen molar-refractivity contribution >= 4 is 11.0 Å². The molecule has 2 aliphatic rings. The van der Waals surface area contributed by atoms with Crippen LogP contribution >= 0.6 is 0 Å². The van der Waals surface area contributed by atoms with Crippen LogP contribution in [-0.4, -0.2) is 126 Å². The Labute approximate surface area is 241 Å². The van der Waals surface area contributed by atoms with E-state index in [0.29, 0.717) is 0 Å². The summed E-state index contributed by atoms with van der Waals surface area (Å²) in [4.78, 5) is 12.9. The summed E-state index contributed by atoms with van der Waals surface area (Å²) in [5.41, 5.74) is -1.03. The second-order valence-corrected chi connectivity index (χ2v) is 10.1. The highest BCUT2D eigenvalue weighted by Crippen LogP contribution is 2.37. The van der Waals surface area contributed by atoms with Gasteiger partial charge < -0.3 is 74.4 Å². The normalized spacial score (nSPS) is 33.0. The molecule has 3 heterocycles. The highest BCUT2D eigenvalue weighted by molar-refractivity contribution is 5.88. The number of fused-ring (bicyclic) bond motifs is 1. The van der Waals surface area contributed by atoms with E-state index in [1.165, 1.54) is 24.3 Å². The Morgan fingerprint density at radius 2 is 1.35 bits per heavy atom. The molecule has 5 rings (SSSR count). The second-order valence-electron chi connectivity index (χ2n) is 10.1. The quantitative estimate of drug-likeness (QED) is 0.133. The summed E-state index contributed by atoms with van der Waals surface area (Å²) in [7, 11) is 0. The first-order valence-corrected chi connectivity index (χ1v) is 13.0. The van der Waals surface area contributed by atoms with Crippen LogP contribution in [0.2, 0.25) is 0 Å². The summed E-state index contributed by atoms with van der Waals surface area (Å²) in [6.07, 6.45) is -17.0. The van der Waals surface area contributed by atoms with E-state index in [2.05, 4.69) is 0 Å². The number of phenolic OH excluding ortho intramolecular Hbond substituents is 2. The van der Waals surface area contributed by atoms with Crippen LogP contribution in [0.3, 0.4) is 0 Å². The number of benzene rings is 2. The minimum atomic E-state index is -1.89. The maximum absolute atomic E-state index is 12.9. The van der Waals surface area contributed by atoms with E-state index in [4.69, 9.17) is 23.4 Å². The molecule has 234 valence electrons.